The Morgan fingerprint density at radius 2 is 2.33 bits per heavy atom. The van der Waals surface area contributed by atoms with Gasteiger partial charge in [0, 0.05) is 0 Å². The molecule has 0 aliphatic rings. The van der Waals surface area contributed by atoms with Crippen LogP contribution in [0.4, 0.5) is 10.3 Å². The highest BCUT2D eigenvalue weighted by atomic mass is 19.1. The van der Waals surface area contributed by atoms with Gasteiger partial charge in [-0.2, -0.15) is 0 Å². The first kappa shape index (κ1) is 11.5. The average Bonchev–Trinajstić information content (AvgIpc) is 2.61. The summed E-state index contributed by atoms with van der Waals surface area (Å²) in [7, 11) is 0. The summed E-state index contributed by atoms with van der Waals surface area (Å²) in [4.78, 5) is 13.1. The number of hydrogen-bond acceptors (Lipinski definition) is 5. The normalized spacial score (nSPS) is 13.1. The van der Waals surface area contributed by atoms with Crippen molar-refractivity contribution in [2.24, 2.45) is 5.92 Å². The van der Waals surface area contributed by atoms with Crippen molar-refractivity contribution in [3.05, 3.63) is 22.5 Å². The van der Waals surface area contributed by atoms with Gasteiger partial charge in [-0.1, -0.05) is 4.98 Å². The molecular formula is C7H10FN3O4. The highest BCUT2D eigenvalue weighted by Gasteiger charge is 2.23. The summed E-state index contributed by atoms with van der Waals surface area (Å²) < 4.78 is 13.4. The molecule has 1 atom stereocenters. The lowest BCUT2D eigenvalue weighted by Crippen LogP contribution is -2.26. The molecule has 84 valence electrons. The van der Waals surface area contributed by atoms with Gasteiger partial charge in [0.25, 0.3) is 0 Å². The topological polar surface area (TPSA) is 101 Å². The summed E-state index contributed by atoms with van der Waals surface area (Å²) in [6, 6.07) is 0. The molecule has 0 aromatic carbocycles. The summed E-state index contributed by atoms with van der Waals surface area (Å²) in [6.45, 7) is -1.18. The Kier molecular flexibility index (Phi) is 3.69. The van der Waals surface area contributed by atoms with Crippen molar-refractivity contribution in [1.82, 2.24) is 9.55 Å². The summed E-state index contributed by atoms with van der Waals surface area (Å²) in [5.74, 6) is -1.55. The monoisotopic (exact) mass is 219 g/mol. The van der Waals surface area contributed by atoms with Crippen LogP contribution in [0.2, 0.25) is 0 Å². The SMILES string of the molecule is O=[N+]([O-])c1nccn1CC(CF)C(O)O. The quantitative estimate of drug-likeness (QED) is 0.401. The first-order valence-corrected chi connectivity index (χ1v) is 4.14. The Hall–Kier alpha value is -1.54. The molecule has 8 heteroatoms. The lowest BCUT2D eigenvalue weighted by atomic mass is 10.1. The van der Waals surface area contributed by atoms with Crippen LogP contribution in [0.25, 0.3) is 0 Å². The summed E-state index contributed by atoms with van der Waals surface area (Å²) in [6.07, 6.45) is 0.623. The minimum absolute atomic E-state index is 0.204. The molecular weight excluding hydrogens is 209 g/mol. The van der Waals surface area contributed by atoms with Gasteiger partial charge < -0.3 is 20.3 Å². The van der Waals surface area contributed by atoms with Crippen molar-refractivity contribution in [2.45, 2.75) is 12.8 Å². The van der Waals surface area contributed by atoms with Crippen molar-refractivity contribution in [3.8, 4) is 0 Å². The third kappa shape index (κ3) is 2.70. The number of nitrogens with zero attached hydrogens (tertiary/aromatic N) is 3. The number of nitro groups is 1. The fourth-order valence-electron chi connectivity index (χ4n) is 1.09. The van der Waals surface area contributed by atoms with Gasteiger partial charge in [-0.25, -0.2) is 4.57 Å². The van der Waals surface area contributed by atoms with E-state index in [0.717, 1.165) is 4.57 Å². The van der Waals surface area contributed by atoms with Crippen molar-refractivity contribution >= 4 is 5.95 Å². The molecule has 0 aliphatic heterocycles. The fourth-order valence-corrected chi connectivity index (χ4v) is 1.09. The van der Waals surface area contributed by atoms with Crippen LogP contribution in [-0.2, 0) is 6.54 Å². The molecule has 0 bridgehead atoms. The molecule has 0 spiro atoms. The summed E-state index contributed by atoms with van der Waals surface area (Å²) >= 11 is 0. The van der Waals surface area contributed by atoms with E-state index >= 15 is 0 Å². The summed E-state index contributed by atoms with van der Waals surface area (Å²) in [5.41, 5.74) is 0. The summed E-state index contributed by atoms with van der Waals surface area (Å²) in [5, 5.41) is 27.9. The highest BCUT2D eigenvalue weighted by molar-refractivity contribution is 5.06. The average molecular weight is 219 g/mol. The number of halogens is 1. The molecule has 1 aromatic rings. The van der Waals surface area contributed by atoms with E-state index in [1.807, 2.05) is 0 Å². The van der Waals surface area contributed by atoms with Gasteiger partial charge in [0.1, 0.15) is 19.1 Å². The number of aromatic nitrogens is 2. The zero-order valence-corrected chi connectivity index (χ0v) is 7.65. The van der Waals surface area contributed by atoms with Gasteiger partial charge in [-0.3, -0.25) is 4.39 Å². The third-order valence-corrected chi connectivity index (χ3v) is 1.91. The number of imidazole rings is 1. The van der Waals surface area contributed by atoms with E-state index in [1.165, 1.54) is 12.4 Å². The molecule has 1 rings (SSSR count). The molecule has 1 heterocycles. The lowest BCUT2D eigenvalue weighted by molar-refractivity contribution is -0.397. The van der Waals surface area contributed by atoms with Crippen LogP contribution in [0.3, 0.4) is 0 Å². The van der Waals surface area contributed by atoms with E-state index < -0.39 is 29.8 Å². The zero-order valence-electron chi connectivity index (χ0n) is 7.65. The van der Waals surface area contributed by atoms with E-state index in [4.69, 9.17) is 10.2 Å². The van der Waals surface area contributed by atoms with Crippen LogP contribution in [-0.4, -0.2) is 37.7 Å². The van der Waals surface area contributed by atoms with Crippen LogP contribution < -0.4 is 0 Å². The van der Waals surface area contributed by atoms with Crippen LogP contribution in [0, 0.1) is 16.0 Å². The van der Waals surface area contributed by atoms with Crippen LogP contribution in [0.15, 0.2) is 12.4 Å². The van der Waals surface area contributed by atoms with Crippen LogP contribution >= 0.6 is 0 Å². The molecule has 0 saturated heterocycles. The second-order valence-electron chi connectivity index (χ2n) is 2.96. The molecule has 0 aliphatic carbocycles. The number of aliphatic hydroxyl groups is 2. The Morgan fingerprint density at radius 1 is 1.67 bits per heavy atom. The molecule has 0 radical (unpaired) electrons. The lowest BCUT2D eigenvalue weighted by Gasteiger charge is -2.13. The minimum Gasteiger partial charge on any atom is -0.390 e. The largest absolute Gasteiger partial charge is 0.434 e. The standard InChI is InChI=1S/C7H10FN3O4/c8-3-5(6(12)13)4-10-2-1-9-7(10)11(14)15/h1-2,5-6,12-13H,3-4H2. The Bertz CT molecular complexity index is 341. The van der Waals surface area contributed by atoms with Gasteiger partial charge in [0.15, 0.2) is 6.29 Å². The molecule has 7 nitrogen and oxygen atoms in total. The number of aliphatic hydroxyl groups excluding tert-OH is 1. The maximum absolute atomic E-state index is 12.3. The first-order valence-electron chi connectivity index (χ1n) is 4.14. The molecule has 1 unspecified atom stereocenters. The van der Waals surface area contributed by atoms with Crippen LogP contribution in [0.1, 0.15) is 0 Å². The molecule has 0 saturated carbocycles. The molecule has 15 heavy (non-hydrogen) atoms. The smallest absolute Gasteiger partial charge is 0.390 e. The van der Waals surface area contributed by atoms with Crippen LogP contribution in [0.5, 0.6) is 0 Å². The second kappa shape index (κ2) is 4.80. The van der Waals surface area contributed by atoms with Crippen molar-refractivity contribution in [3.63, 3.8) is 0 Å². The van der Waals surface area contributed by atoms with E-state index in [-0.39, 0.29) is 6.54 Å². The highest BCUT2D eigenvalue weighted by Crippen LogP contribution is 2.13. The van der Waals surface area contributed by atoms with Crippen molar-refractivity contribution in [2.75, 3.05) is 6.67 Å². The Balaban J connectivity index is 2.79. The van der Waals surface area contributed by atoms with E-state index in [2.05, 4.69) is 4.98 Å². The number of alkyl halides is 1. The molecule has 1 aromatic heterocycles. The van der Waals surface area contributed by atoms with E-state index in [0.29, 0.717) is 0 Å². The maximum atomic E-state index is 12.3. The maximum Gasteiger partial charge on any atom is 0.434 e. The predicted octanol–water partition coefficient (Wildman–Crippen LogP) is -0.312. The first-order chi connectivity index (χ1) is 7.06. The minimum atomic E-state index is -1.85. The third-order valence-electron chi connectivity index (χ3n) is 1.91. The molecule has 0 fully saturated rings. The van der Waals surface area contributed by atoms with E-state index in [9.17, 15) is 14.5 Å². The van der Waals surface area contributed by atoms with Gasteiger partial charge >= 0.3 is 5.95 Å². The van der Waals surface area contributed by atoms with Gasteiger partial charge in [-0.05, 0) is 4.92 Å². The van der Waals surface area contributed by atoms with Crippen molar-refractivity contribution < 1.29 is 19.5 Å². The van der Waals surface area contributed by atoms with E-state index in [1.54, 1.807) is 0 Å². The molecule has 2 N–H and O–H groups in total. The Labute approximate surface area is 83.9 Å². The van der Waals surface area contributed by atoms with Crippen molar-refractivity contribution in [1.29, 1.82) is 0 Å². The predicted molar refractivity (Wildman–Crippen MR) is 46.6 cm³/mol. The Morgan fingerprint density at radius 3 is 2.80 bits per heavy atom. The number of hydrogen-bond donors (Lipinski definition) is 2. The molecule has 0 amide bonds. The van der Waals surface area contributed by atoms with Gasteiger partial charge in [0.2, 0.25) is 0 Å². The van der Waals surface area contributed by atoms with Gasteiger partial charge in [0.05, 0.1) is 12.5 Å². The fraction of sp³-hybridized carbons (Fsp3) is 0.571. The zero-order chi connectivity index (χ0) is 11.4. The number of rotatable bonds is 5. The van der Waals surface area contributed by atoms with Gasteiger partial charge in [-0.15, -0.1) is 0 Å². The second-order valence-corrected chi connectivity index (χ2v) is 2.96.